The van der Waals surface area contributed by atoms with Gasteiger partial charge in [-0.1, -0.05) is 12.1 Å². The number of ether oxygens (including phenoxy) is 2. The van der Waals surface area contributed by atoms with Gasteiger partial charge in [0.25, 0.3) is 10.0 Å². The molecule has 2 aromatic rings. The molecule has 0 heterocycles. The lowest BCUT2D eigenvalue weighted by Crippen LogP contribution is -2.14. The summed E-state index contributed by atoms with van der Waals surface area (Å²) < 4.78 is 37.7. The van der Waals surface area contributed by atoms with Crippen molar-refractivity contribution < 1.29 is 22.7 Å². The number of anilines is 1. The highest BCUT2D eigenvalue weighted by atomic mass is 32.2. The summed E-state index contributed by atoms with van der Waals surface area (Å²) >= 11 is 0. The molecule has 0 unspecified atom stereocenters. The standard InChI is InChI=1S/C16H17NO5S/c1-11(18)12-5-4-6-14(9-12)23(19,20)17-15-10-13(21-2)7-8-16(15)22-3/h4-10,17H,1-3H3. The van der Waals surface area contributed by atoms with Crippen LogP contribution in [0.4, 0.5) is 5.69 Å². The highest BCUT2D eigenvalue weighted by molar-refractivity contribution is 7.92. The largest absolute Gasteiger partial charge is 0.497 e. The predicted molar refractivity (Wildman–Crippen MR) is 86.8 cm³/mol. The van der Waals surface area contributed by atoms with Crippen molar-refractivity contribution in [2.45, 2.75) is 11.8 Å². The highest BCUT2D eigenvalue weighted by Crippen LogP contribution is 2.30. The quantitative estimate of drug-likeness (QED) is 0.821. The average Bonchev–Trinajstić information content (AvgIpc) is 2.54. The Hall–Kier alpha value is -2.54. The van der Waals surface area contributed by atoms with Crippen LogP contribution in [0.15, 0.2) is 47.4 Å². The molecule has 0 saturated heterocycles. The summed E-state index contributed by atoms with van der Waals surface area (Å²) in [5, 5.41) is 0. The molecule has 0 saturated carbocycles. The zero-order valence-electron chi connectivity index (χ0n) is 13.0. The lowest BCUT2D eigenvalue weighted by Gasteiger charge is -2.13. The molecule has 2 aromatic carbocycles. The maximum atomic E-state index is 12.5. The smallest absolute Gasteiger partial charge is 0.262 e. The molecule has 0 aromatic heterocycles. The summed E-state index contributed by atoms with van der Waals surface area (Å²) in [5.41, 5.74) is 0.575. The van der Waals surface area contributed by atoms with Crippen molar-refractivity contribution in [2.75, 3.05) is 18.9 Å². The Morgan fingerprint density at radius 1 is 1.04 bits per heavy atom. The maximum absolute atomic E-state index is 12.5. The number of benzene rings is 2. The van der Waals surface area contributed by atoms with Crippen LogP contribution in [0.3, 0.4) is 0 Å². The summed E-state index contributed by atoms with van der Waals surface area (Å²) in [6, 6.07) is 10.6. The lowest BCUT2D eigenvalue weighted by molar-refractivity contribution is 0.101. The van der Waals surface area contributed by atoms with Crippen molar-refractivity contribution in [3.05, 3.63) is 48.0 Å². The van der Waals surface area contributed by atoms with Crippen LogP contribution in [0, 0.1) is 0 Å². The third-order valence-corrected chi connectivity index (χ3v) is 4.57. The van der Waals surface area contributed by atoms with Gasteiger partial charge in [0.2, 0.25) is 0 Å². The molecule has 0 aliphatic rings. The van der Waals surface area contributed by atoms with Gasteiger partial charge in [-0.3, -0.25) is 9.52 Å². The molecule has 7 heteroatoms. The maximum Gasteiger partial charge on any atom is 0.262 e. The molecule has 0 aliphatic heterocycles. The van der Waals surface area contributed by atoms with E-state index in [1.54, 1.807) is 18.2 Å². The van der Waals surface area contributed by atoms with E-state index in [0.29, 0.717) is 17.1 Å². The van der Waals surface area contributed by atoms with E-state index < -0.39 is 10.0 Å². The van der Waals surface area contributed by atoms with Crippen molar-refractivity contribution in [3.8, 4) is 11.5 Å². The number of rotatable bonds is 6. The zero-order chi connectivity index (χ0) is 17.0. The Morgan fingerprint density at radius 2 is 1.78 bits per heavy atom. The van der Waals surface area contributed by atoms with Crippen LogP contribution in [0.5, 0.6) is 11.5 Å². The topological polar surface area (TPSA) is 81.7 Å². The van der Waals surface area contributed by atoms with Crippen LogP contribution in [-0.2, 0) is 10.0 Å². The van der Waals surface area contributed by atoms with E-state index in [0.717, 1.165) is 0 Å². The van der Waals surface area contributed by atoms with Gasteiger partial charge in [0, 0.05) is 11.6 Å². The van der Waals surface area contributed by atoms with Gasteiger partial charge in [-0.05, 0) is 31.2 Å². The molecule has 2 rings (SSSR count). The normalized spacial score (nSPS) is 10.9. The van der Waals surface area contributed by atoms with Crippen molar-refractivity contribution in [1.82, 2.24) is 0 Å². The molecule has 0 radical (unpaired) electrons. The van der Waals surface area contributed by atoms with Gasteiger partial charge in [-0.25, -0.2) is 8.42 Å². The van der Waals surface area contributed by atoms with Crippen LogP contribution in [0.25, 0.3) is 0 Å². The minimum absolute atomic E-state index is 0.00456. The number of methoxy groups -OCH3 is 2. The number of nitrogens with one attached hydrogen (secondary N) is 1. The molecule has 0 amide bonds. The first kappa shape index (κ1) is 16.8. The fraction of sp³-hybridized carbons (Fsp3) is 0.188. The van der Waals surface area contributed by atoms with E-state index in [-0.39, 0.29) is 16.4 Å². The van der Waals surface area contributed by atoms with Crippen LogP contribution < -0.4 is 14.2 Å². The second kappa shape index (κ2) is 6.70. The first-order valence-electron chi connectivity index (χ1n) is 6.73. The Kier molecular flexibility index (Phi) is 4.90. The van der Waals surface area contributed by atoms with Crippen LogP contribution in [0.2, 0.25) is 0 Å². The number of ketones is 1. The van der Waals surface area contributed by atoms with Gasteiger partial charge in [0.15, 0.2) is 5.78 Å². The van der Waals surface area contributed by atoms with Crippen LogP contribution in [0.1, 0.15) is 17.3 Å². The molecule has 0 spiro atoms. The summed E-state index contributed by atoms with van der Waals surface area (Å²) in [4.78, 5) is 11.4. The molecule has 23 heavy (non-hydrogen) atoms. The molecular formula is C16H17NO5S. The summed E-state index contributed by atoms with van der Waals surface area (Å²) in [5.74, 6) is 0.638. The molecule has 0 atom stereocenters. The van der Waals surface area contributed by atoms with E-state index in [1.165, 1.54) is 45.4 Å². The lowest BCUT2D eigenvalue weighted by atomic mass is 10.2. The van der Waals surface area contributed by atoms with Crippen LogP contribution >= 0.6 is 0 Å². The summed E-state index contributed by atoms with van der Waals surface area (Å²) in [6.07, 6.45) is 0. The molecule has 6 nitrogen and oxygen atoms in total. The van der Waals surface area contributed by atoms with Gasteiger partial charge >= 0.3 is 0 Å². The van der Waals surface area contributed by atoms with Gasteiger partial charge in [-0.2, -0.15) is 0 Å². The highest BCUT2D eigenvalue weighted by Gasteiger charge is 2.18. The monoisotopic (exact) mass is 335 g/mol. The molecule has 0 aliphatic carbocycles. The Bertz CT molecular complexity index is 830. The zero-order valence-corrected chi connectivity index (χ0v) is 13.8. The van der Waals surface area contributed by atoms with E-state index in [4.69, 9.17) is 9.47 Å². The number of hydrogen-bond donors (Lipinski definition) is 1. The Morgan fingerprint density at radius 3 is 2.39 bits per heavy atom. The average molecular weight is 335 g/mol. The van der Waals surface area contributed by atoms with E-state index in [9.17, 15) is 13.2 Å². The summed E-state index contributed by atoms with van der Waals surface area (Å²) in [7, 11) is -0.942. The van der Waals surface area contributed by atoms with E-state index in [2.05, 4.69) is 4.72 Å². The Balaban J connectivity index is 2.42. The number of sulfonamides is 1. The SMILES string of the molecule is COc1ccc(OC)c(NS(=O)(=O)c2cccc(C(C)=O)c2)c1. The molecule has 122 valence electrons. The van der Waals surface area contributed by atoms with Crippen LogP contribution in [-0.4, -0.2) is 28.4 Å². The first-order valence-corrected chi connectivity index (χ1v) is 8.21. The molecular weight excluding hydrogens is 318 g/mol. The second-order valence-corrected chi connectivity index (χ2v) is 6.44. The molecule has 0 bridgehead atoms. The predicted octanol–water partition coefficient (Wildman–Crippen LogP) is 2.71. The summed E-state index contributed by atoms with van der Waals surface area (Å²) in [6.45, 7) is 1.38. The fourth-order valence-corrected chi connectivity index (χ4v) is 3.09. The van der Waals surface area contributed by atoms with Gasteiger partial charge in [0.1, 0.15) is 11.5 Å². The van der Waals surface area contributed by atoms with Crippen molar-refractivity contribution >= 4 is 21.5 Å². The fourth-order valence-electron chi connectivity index (χ4n) is 1.98. The van der Waals surface area contributed by atoms with Crippen molar-refractivity contribution in [3.63, 3.8) is 0 Å². The van der Waals surface area contributed by atoms with E-state index in [1.807, 2.05) is 0 Å². The third kappa shape index (κ3) is 3.81. The molecule has 1 N–H and O–H groups in total. The minimum atomic E-state index is -3.86. The molecule has 0 fully saturated rings. The number of carbonyl (C=O) groups excluding carboxylic acids is 1. The number of carbonyl (C=O) groups is 1. The third-order valence-electron chi connectivity index (χ3n) is 3.20. The van der Waals surface area contributed by atoms with Gasteiger partial charge in [0.05, 0.1) is 24.8 Å². The number of Topliss-reactive ketones (excluding diaryl/α,β-unsaturated/α-hetero) is 1. The van der Waals surface area contributed by atoms with Crippen molar-refractivity contribution in [2.24, 2.45) is 0 Å². The second-order valence-electron chi connectivity index (χ2n) is 4.76. The first-order chi connectivity index (χ1) is 10.9. The van der Waals surface area contributed by atoms with Crippen molar-refractivity contribution in [1.29, 1.82) is 0 Å². The van der Waals surface area contributed by atoms with Gasteiger partial charge < -0.3 is 9.47 Å². The minimum Gasteiger partial charge on any atom is -0.497 e. The van der Waals surface area contributed by atoms with Gasteiger partial charge in [-0.15, -0.1) is 0 Å². The Labute approximate surface area is 135 Å². The number of hydrogen-bond acceptors (Lipinski definition) is 5. The van der Waals surface area contributed by atoms with E-state index >= 15 is 0 Å².